The SMILES string of the molecule is NC(=O)C=C[S-].[Ag+]. The van der Waals surface area contributed by atoms with Gasteiger partial charge in [0.05, 0.1) is 0 Å². The third kappa shape index (κ3) is 10.7. The number of rotatable bonds is 1. The Kier molecular flexibility index (Phi) is 9.00. The van der Waals surface area contributed by atoms with E-state index in [-0.39, 0.29) is 22.4 Å². The van der Waals surface area contributed by atoms with Gasteiger partial charge in [-0.15, -0.1) is 0 Å². The Labute approximate surface area is 63.1 Å². The van der Waals surface area contributed by atoms with Gasteiger partial charge >= 0.3 is 22.4 Å². The third-order valence-corrected chi connectivity index (χ3v) is 0.368. The molecule has 0 aromatic rings. The molecule has 1 amide bonds. The summed E-state index contributed by atoms with van der Waals surface area (Å²) in [6.07, 6.45) is 1.12. The molecule has 0 spiro atoms. The Balaban J connectivity index is 0. The minimum absolute atomic E-state index is 0. The quantitative estimate of drug-likeness (QED) is 0.361. The van der Waals surface area contributed by atoms with Crippen molar-refractivity contribution in [1.29, 1.82) is 0 Å². The molecule has 0 heterocycles. The molecule has 0 saturated carbocycles. The minimum atomic E-state index is -0.495. The molecule has 0 aliphatic rings. The molecule has 0 fully saturated rings. The topological polar surface area (TPSA) is 43.1 Å². The van der Waals surface area contributed by atoms with Crippen LogP contribution in [0.15, 0.2) is 11.5 Å². The Morgan fingerprint density at radius 1 is 1.71 bits per heavy atom. The maximum atomic E-state index is 9.67. The van der Waals surface area contributed by atoms with Crippen LogP contribution < -0.4 is 5.73 Å². The van der Waals surface area contributed by atoms with Crippen LogP contribution in [-0.4, -0.2) is 5.91 Å². The van der Waals surface area contributed by atoms with E-state index in [1.165, 1.54) is 5.41 Å². The molecule has 7 heavy (non-hydrogen) atoms. The molecular weight excluding hydrogens is 206 g/mol. The summed E-state index contributed by atoms with van der Waals surface area (Å²) >= 11 is 4.25. The summed E-state index contributed by atoms with van der Waals surface area (Å²) in [4.78, 5) is 9.67. The number of hydrogen-bond acceptors (Lipinski definition) is 2. The fourth-order valence-corrected chi connectivity index (χ4v) is 0.201. The molecule has 0 aromatic heterocycles. The largest absolute Gasteiger partial charge is 1.00 e. The maximum absolute atomic E-state index is 9.67. The van der Waals surface area contributed by atoms with Crippen LogP contribution in [0.3, 0.4) is 0 Å². The van der Waals surface area contributed by atoms with Gasteiger partial charge in [-0.3, -0.25) is 4.79 Å². The van der Waals surface area contributed by atoms with Gasteiger partial charge < -0.3 is 18.4 Å². The number of amides is 1. The Hall–Kier alpha value is 0.170. The number of hydrogen-bond donors (Lipinski definition) is 1. The smallest absolute Gasteiger partial charge is 0.787 e. The van der Waals surface area contributed by atoms with Crippen molar-refractivity contribution in [2.45, 2.75) is 0 Å². The average molecular weight is 210 g/mol. The van der Waals surface area contributed by atoms with Crippen molar-refractivity contribution in [3.63, 3.8) is 0 Å². The van der Waals surface area contributed by atoms with Crippen molar-refractivity contribution >= 4 is 18.5 Å². The molecular formula is C3H4AgNOS. The molecule has 2 N–H and O–H groups in total. The Bertz CT molecular complexity index is 83.0. The van der Waals surface area contributed by atoms with Gasteiger partial charge in [0.25, 0.3) is 0 Å². The second-order valence-electron chi connectivity index (χ2n) is 0.705. The van der Waals surface area contributed by atoms with Crippen LogP contribution in [0.5, 0.6) is 0 Å². The van der Waals surface area contributed by atoms with Gasteiger partial charge in [-0.25, -0.2) is 5.41 Å². The summed E-state index contributed by atoms with van der Waals surface area (Å²) in [5.41, 5.74) is 4.61. The monoisotopic (exact) mass is 209 g/mol. The number of carbonyl (C=O) groups excluding carboxylic acids is 1. The molecule has 0 saturated heterocycles. The van der Waals surface area contributed by atoms with Crippen LogP contribution in [0.1, 0.15) is 0 Å². The summed E-state index contributed by atoms with van der Waals surface area (Å²) in [7, 11) is 0. The first-order valence-electron chi connectivity index (χ1n) is 1.35. The first-order chi connectivity index (χ1) is 2.77. The van der Waals surface area contributed by atoms with Gasteiger partial charge in [-0.2, -0.15) is 0 Å². The number of nitrogens with two attached hydrogens (primary N) is 1. The Morgan fingerprint density at radius 2 is 2.14 bits per heavy atom. The van der Waals surface area contributed by atoms with E-state index >= 15 is 0 Å². The molecule has 0 radical (unpaired) electrons. The van der Waals surface area contributed by atoms with Crippen molar-refractivity contribution in [2.24, 2.45) is 5.73 Å². The fourth-order valence-electron chi connectivity index (χ4n) is 0.0671. The van der Waals surface area contributed by atoms with Crippen molar-refractivity contribution in [3.05, 3.63) is 11.5 Å². The van der Waals surface area contributed by atoms with E-state index in [9.17, 15) is 4.79 Å². The predicted molar refractivity (Wildman–Crippen MR) is 25.7 cm³/mol. The first-order valence-corrected chi connectivity index (χ1v) is 1.82. The van der Waals surface area contributed by atoms with E-state index in [0.29, 0.717) is 0 Å². The first kappa shape index (κ1) is 10.2. The van der Waals surface area contributed by atoms with E-state index in [0.717, 1.165) is 6.08 Å². The predicted octanol–water partition coefficient (Wildman–Crippen LogP) is -0.470. The molecule has 0 aromatic carbocycles. The standard InChI is InChI=1S/C3H5NOS.Ag/c4-3(5)1-2-6;/h1-2,6H,(H2,4,5);/q;+1/p-1. The summed E-state index contributed by atoms with van der Waals surface area (Å²) in [6.45, 7) is 0. The van der Waals surface area contributed by atoms with Crippen LogP contribution >= 0.6 is 0 Å². The number of carbonyl (C=O) groups is 1. The van der Waals surface area contributed by atoms with E-state index in [4.69, 9.17) is 0 Å². The van der Waals surface area contributed by atoms with E-state index in [1.54, 1.807) is 0 Å². The second-order valence-corrected chi connectivity index (χ2v) is 0.977. The molecule has 0 unspecified atom stereocenters. The zero-order chi connectivity index (χ0) is 4.99. The van der Waals surface area contributed by atoms with Crippen molar-refractivity contribution < 1.29 is 27.2 Å². The molecule has 0 bridgehead atoms. The van der Waals surface area contributed by atoms with Crippen LogP contribution in [0.4, 0.5) is 0 Å². The summed E-state index contributed by atoms with van der Waals surface area (Å²) in [6, 6.07) is 0. The summed E-state index contributed by atoms with van der Waals surface area (Å²) < 4.78 is 0. The maximum Gasteiger partial charge on any atom is 1.00 e. The summed E-state index contributed by atoms with van der Waals surface area (Å²) in [5, 5.41) is 1.18. The van der Waals surface area contributed by atoms with E-state index in [2.05, 4.69) is 18.4 Å². The molecule has 2 nitrogen and oxygen atoms in total. The molecule has 44 valence electrons. The van der Waals surface area contributed by atoms with Gasteiger partial charge in [-0.1, -0.05) is 0 Å². The van der Waals surface area contributed by atoms with Gasteiger partial charge in [-0.05, 0) is 6.08 Å². The van der Waals surface area contributed by atoms with Gasteiger partial charge in [0.15, 0.2) is 0 Å². The van der Waals surface area contributed by atoms with E-state index < -0.39 is 5.91 Å². The molecule has 0 aliphatic carbocycles. The van der Waals surface area contributed by atoms with Crippen LogP contribution in [-0.2, 0) is 39.8 Å². The van der Waals surface area contributed by atoms with Crippen LogP contribution in [0.25, 0.3) is 0 Å². The van der Waals surface area contributed by atoms with Crippen LogP contribution in [0, 0.1) is 0 Å². The van der Waals surface area contributed by atoms with Crippen molar-refractivity contribution in [2.75, 3.05) is 0 Å². The minimum Gasteiger partial charge on any atom is -0.787 e. The molecule has 0 rings (SSSR count). The van der Waals surface area contributed by atoms with Crippen molar-refractivity contribution in [3.8, 4) is 0 Å². The van der Waals surface area contributed by atoms with Gasteiger partial charge in [0, 0.05) is 0 Å². The average Bonchev–Trinajstić information content (AvgIpc) is 1.35. The summed E-state index contributed by atoms with van der Waals surface area (Å²) in [5.74, 6) is -0.495. The van der Waals surface area contributed by atoms with Gasteiger partial charge in [0.1, 0.15) is 0 Å². The molecule has 4 heteroatoms. The third-order valence-electron chi connectivity index (χ3n) is 0.232. The van der Waals surface area contributed by atoms with Crippen molar-refractivity contribution in [1.82, 2.24) is 0 Å². The molecule has 0 aliphatic heterocycles. The number of primary amides is 1. The Morgan fingerprint density at radius 3 is 2.14 bits per heavy atom. The zero-order valence-electron chi connectivity index (χ0n) is 3.35. The fraction of sp³-hybridized carbons (Fsp3) is 0. The molecule has 0 atom stereocenters. The zero-order valence-corrected chi connectivity index (χ0v) is 5.65. The van der Waals surface area contributed by atoms with E-state index in [1.807, 2.05) is 0 Å². The van der Waals surface area contributed by atoms with Gasteiger partial charge in [0.2, 0.25) is 5.91 Å². The second kappa shape index (κ2) is 6.17. The van der Waals surface area contributed by atoms with Crippen LogP contribution in [0.2, 0.25) is 0 Å². The normalized spacial score (nSPS) is 8.00.